The molecule has 2 heterocycles. The molecule has 0 aliphatic carbocycles. The van der Waals surface area contributed by atoms with Gasteiger partial charge in [-0.05, 0) is 54.7 Å². The van der Waals surface area contributed by atoms with Crippen LogP contribution < -0.4 is 5.32 Å². The van der Waals surface area contributed by atoms with Crippen LogP contribution in [0, 0.1) is 0 Å². The number of rotatable bonds is 8. The van der Waals surface area contributed by atoms with E-state index in [0.717, 1.165) is 11.1 Å². The summed E-state index contributed by atoms with van der Waals surface area (Å²) in [5, 5.41) is 3.62. The number of nitrogens with zero attached hydrogens (tertiary/aromatic N) is 3. The van der Waals surface area contributed by atoms with Gasteiger partial charge in [0.15, 0.2) is 0 Å². The Morgan fingerprint density at radius 1 is 1.10 bits per heavy atom. The fraction of sp³-hybridized carbons (Fsp3) is 0.424. The number of benzene rings is 2. The van der Waals surface area contributed by atoms with E-state index < -0.39 is 12.0 Å². The molecule has 0 bridgehead atoms. The van der Waals surface area contributed by atoms with Crippen LogP contribution in [0.15, 0.2) is 72.5 Å². The predicted molar refractivity (Wildman–Crippen MR) is 165 cm³/mol. The van der Waals surface area contributed by atoms with Crippen molar-refractivity contribution in [1.29, 1.82) is 0 Å². The van der Waals surface area contributed by atoms with Crippen molar-refractivity contribution in [3.63, 3.8) is 0 Å². The van der Waals surface area contributed by atoms with E-state index in [1.165, 1.54) is 0 Å². The van der Waals surface area contributed by atoms with Crippen LogP contribution in [-0.2, 0) is 14.9 Å². The van der Waals surface area contributed by atoms with E-state index >= 15 is 0 Å². The van der Waals surface area contributed by atoms with Crippen LogP contribution in [-0.4, -0.2) is 78.0 Å². The fourth-order valence-electron chi connectivity index (χ4n) is 5.52. The Kier molecular flexibility index (Phi) is 9.79. The third-order valence-corrected chi connectivity index (χ3v) is 8.04. The van der Waals surface area contributed by atoms with Crippen molar-refractivity contribution in [2.45, 2.75) is 52.1 Å². The molecule has 1 N–H and O–H groups in total. The molecule has 0 spiro atoms. The summed E-state index contributed by atoms with van der Waals surface area (Å²) in [5.74, 6) is -0.509. The molecule has 0 saturated carbocycles. The van der Waals surface area contributed by atoms with Gasteiger partial charge < -0.3 is 15.0 Å². The highest BCUT2D eigenvalue weighted by Gasteiger charge is 2.39. The van der Waals surface area contributed by atoms with Gasteiger partial charge in [0.2, 0.25) is 0 Å². The Labute approximate surface area is 253 Å². The molecular weight excluding hydrogens is 552 g/mol. The number of hydrogen-bond donors (Lipinski definition) is 1. The molecule has 2 aliphatic heterocycles. The average molecular weight is 593 g/mol. The number of amides is 3. The first-order valence-electron chi connectivity index (χ1n) is 14.4. The number of piperazine rings is 1. The molecule has 2 aromatic carbocycles. The third kappa shape index (κ3) is 6.88. The molecule has 224 valence electrons. The second kappa shape index (κ2) is 13.1. The summed E-state index contributed by atoms with van der Waals surface area (Å²) in [5.41, 5.74) is 3.52. The van der Waals surface area contributed by atoms with Crippen molar-refractivity contribution in [3.8, 4) is 0 Å². The molecule has 8 nitrogen and oxygen atoms in total. The van der Waals surface area contributed by atoms with Crippen molar-refractivity contribution in [2.24, 2.45) is 0 Å². The number of esters is 1. The molecule has 3 amide bonds. The van der Waals surface area contributed by atoms with E-state index in [1.807, 2.05) is 36.1 Å². The van der Waals surface area contributed by atoms with Gasteiger partial charge in [-0.3, -0.25) is 14.6 Å². The number of carbonyl (C=O) groups excluding carboxylic acids is 3. The lowest BCUT2D eigenvalue weighted by Crippen LogP contribution is -2.56. The zero-order valence-electron chi connectivity index (χ0n) is 25.2. The topological polar surface area (TPSA) is 82.2 Å². The van der Waals surface area contributed by atoms with Crippen molar-refractivity contribution in [1.82, 2.24) is 20.0 Å². The molecule has 1 fully saturated rings. The van der Waals surface area contributed by atoms with E-state index in [0.29, 0.717) is 48.0 Å². The second-order valence-corrected chi connectivity index (χ2v) is 12.3. The molecule has 2 unspecified atom stereocenters. The van der Waals surface area contributed by atoms with E-state index in [-0.39, 0.29) is 36.5 Å². The molecule has 1 saturated heterocycles. The normalized spacial score (nSPS) is 19.9. The highest BCUT2D eigenvalue weighted by Crippen LogP contribution is 2.34. The molecule has 4 rings (SSSR count). The van der Waals surface area contributed by atoms with Crippen molar-refractivity contribution in [3.05, 3.63) is 94.2 Å². The lowest BCUT2D eigenvalue weighted by atomic mass is 9.85. The lowest BCUT2D eigenvalue weighted by Gasteiger charge is -2.43. The standard InChI is InChI=1S/C33H41ClN4O4/c1-7-17-38-27(21-36-18-19-37(22(3)20-36)30(39)24-11-15-26(34)16-12-24)28(31(40)42-8-2)29(35-32(38)41)23-9-13-25(14-10-23)33(4,5)6/h7,9-16,22,29H,1,8,17-21H2,2-6H3,(H,35,41). The molecule has 0 radical (unpaired) electrons. The highest BCUT2D eigenvalue weighted by molar-refractivity contribution is 6.30. The average Bonchev–Trinajstić information content (AvgIpc) is 2.94. The van der Waals surface area contributed by atoms with Crippen LogP contribution in [0.2, 0.25) is 5.02 Å². The van der Waals surface area contributed by atoms with Crippen LogP contribution in [0.5, 0.6) is 0 Å². The van der Waals surface area contributed by atoms with Crippen molar-refractivity contribution in [2.75, 3.05) is 39.3 Å². The van der Waals surface area contributed by atoms with Crippen LogP contribution in [0.4, 0.5) is 4.79 Å². The summed E-state index contributed by atoms with van der Waals surface area (Å²) >= 11 is 6.01. The Morgan fingerprint density at radius 3 is 2.33 bits per heavy atom. The molecule has 2 aliphatic rings. The van der Waals surface area contributed by atoms with Crippen LogP contribution in [0.1, 0.15) is 62.1 Å². The summed E-state index contributed by atoms with van der Waals surface area (Å²) < 4.78 is 5.54. The maximum absolute atomic E-state index is 13.5. The number of urea groups is 1. The predicted octanol–water partition coefficient (Wildman–Crippen LogP) is 5.55. The first-order valence-corrected chi connectivity index (χ1v) is 14.8. The van der Waals surface area contributed by atoms with Gasteiger partial charge in [-0.25, -0.2) is 9.59 Å². The number of hydrogen-bond acceptors (Lipinski definition) is 5. The first-order chi connectivity index (χ1) is 19.9. The molecule has 42 heavy (non-hydrogen) atoms. The SMILES string of the molecule is C=CCN1C(=O)NC(c2ccc(C(C)(C)C)cc2)C(C(=O)OCC)=C1CN1CCN(C(=O)c2ccc(Cl)cc2)C(C)C1. The largest absolute Gasteiger partial charge is 0.463 e. The summed E-state index contributed by atoms with van der Waals surface area (Å²) in [4.78, 5) is 45.8. The Hall–Kier alpha value is -3.62. The summed E-state index contributed by atoms with van der Waals surface area (Å²) in [6.07, 6.45) is 1.64. The first kappa shape index (κ1) is 31.3. The number of halogens is 1. The van der Waals surface area contributed by atoms with Crippen molar-refractivity contribution < 1.29 is 19.1 Å². The monoisotopic (exact) mass is 592 g/mol. The molecule has 2 atom stereocenters. The van der Waals surface area contributed by atoms with Crippen LogP contribution >= 0.6 is 11.6 Å². The van der Waals surface area contributed by atoms with E-state index in [1.54, 1.807) is 42.2 Å². The minimum Gasteiger partial charge on any atom is -0.463 e. The quantitative estimate of drug-likeness (QED) is 0.321. The number of nitrogens with one attached hydrogen (secondary N) is 1. The number of ether oxygens (including phenoxy) is 1. The van der Waals surface area contributed by atoms with Crippen molar-refractivity contribution >= 4 is 29.5 Å². The van der Waals surface area contributed by atoms with Crippen LogP contribution in [0.3, 0.4) is 0 Å². The van der Waals surface area contributed by atoms with Gasteiger partial charge in [0.05, 0.1) is 18.2 Å². The second-order valence-electron chi connectivity index (χ2n) is 11.8. The maximum atomic E-state index is 13.5. The lowest BCUT2D eigenvalue weighted by molar-refractivity contribution is -0.139. The molecule has 0 aromatic heterocycles. The zero-order chi connectivity index (χ0) is 30.6. The van der Waals surface area contributed by atoms with Gasteiger partial charge in [-0.2, -0.15) is 0 Å². The van der Waals surface area contributed by atoms with E-state index in [9.17, 15) is 14.4 Å². The maximum Gasteiger partial charge on any atom is 0.338 e. The Bertz CT molecular complexity index is 1350. The van der Waals surface area contributed by atoms with Gasteiger partial charge in [0.25, 0.3) is 5.91 Å². The zero-order valence-corrected chi connectivity index (χ0v) is 25.9. The Balaban J connectivity index is 1.66. The highest BCUT2D eigenvalue weighted by atomic mass is 35.5. The summed E-state index contributed by atoms with van der Waals surface area (Å²) in [7, 11) is 0. The summed E-state index contributed by atoms with van der Waals surface area (Å²) in [6.45, 7) is 16.5. The smallest absolute Gasteiger partial charge is 0.338 e. The minimum atomic E-state index is -0.660. The molecule has 2 aromatic rings. The molecular formula is C33H41ClN4O4. The van der Waals surface area contributed by atoms with Gasteiger partial charge in [-0.15, -0.1) is 6.58 Å². The minimum absolute atomic E-state index is 0.0339. The van der Waals surface area contributed by atoms with E-state index in [2.05, 4.69) is 37.6 Å². The number of carbonyl (C=O) groups is 3. The van der Waals surface area contributed by atoms with Crippen LogP contribution in [0.25, 0.3) is 0 Å². The van der Waals surface area contributed by atoms with Gasteiger partial charge in [-0.1, -0.05) is 62.7 Å². The van der Waals surface area contributed by atoms with Gasteiger partial charge >= 0.3 is 12.0 Å². The Morgan fingerprint density at radius 2 is 1.76 bits per heavy atom. The van der Waals surface area contributed by atoms with E-state index in [4.69, 9.17) is 16.3 Å². The summed E-state index contributed by atoms with van der Waals surface area (Å²) in [6, 6.07) is 13.9. The van der Waals surface area contributed by atoms with Gasteiger partial charge in [0.1, 0.15) is 0 Å². The third-order valence-electron chi connectivity index (χ3n) is 7.79. The van der Waals surface area contributed by atoms with Gasteiger partial charge in [0, 0.05) is 55.0 Å². The fourth-order valence-corrected chi connectivity index (χ4v) is 5.65. The molecule has 9 heteroatoms.